The Morgan fingerprint density at radius 3 is 2.24 bits per heavy atom. The lowest BCUT2D eigenvalue weighted by Gasteiger charge is -2.33. The molecule has 1 aromatic heterocycles. The van der Waals surface area contributed by atoms with Gasteiger partial charge in [0.25, 0.3) is 0 Å². The summed E-state index contributed by atoms with van der Waals surface area (Å²) in [6.07, 6.45) is 4.92. The van der Waals surface area contributed by atoms with E-state index in [1.807, 2.05) is 87.6 Å². The number of amides is 1. The fourth-order valence-electron chi connectivity index (χ4n) is 3.66. The number of likely N-dealkylation sites (tertiary alicyclic amines) is 1. The Morgan fingerprint density at radius 2 is 1.58 bits per heavy atom. The summed E-state index contributed by atoms with van der Waals surface area (Å²) in [5, 5.41) is 0. The van der Waals surface area contributed by atoms with E-state index < -0.39 is 5.60 Å². The van der Waals surface area contributed by atoms with Crippen molar-refractivity contribution in [1.29, 1.82) is 0 Å². The monoisotopic (exact) mass is 446 g/mol. The number of ether oxygens (including phenoxy) is 3. The molecule has 3 aromatic rings. The summed E-state index contributed by atoms with van der Waals surface area (Å²) in [5.74, 6) is 2.29. The van der Waals surface area contributed by atoms with Crippen LogP contribution in [-0.2, 0) is 4.74 Å². The quantitative estimate of drug-likeness (QED) is 0.459. The summed E-state index contributed by atoms with van der Waals surface area (Å²) in [5.41, 5.74) is 1.53. The van der Waals surface area contributed by atoms with Gasteiger partial charge in [0.1, 0.15) is 29.0 Å². The first-order chi connectivity index (χ1) is 15.9. The van der Waals surface area contributed by atoms with E-state index in [0.29, 0.717) is 18.8 Å². The lowest BCUT2D eigenvalue weighted by atomic mass is 10.1. The van der Waals surface area contributed by atoms with Crippen molar-refractivity contribution in [3.63, 3.8) is 0 Å². The lowest BCUT2D eigenvalue weighted by molar-refractivity contribution is 0.0126. The number of carbonyl (C=O) groups is 1. The fourth-order valence-corrected chi connectivity index (χ4v) is 3.66. The summed E-state index contributed by atoms with van der Waals surface area (Å²) in [6, 6.07) is 19.6. The first kappa shape index (κ1) is 22.6. The average Bonchev–Trinajstić information content (AvgIpc) is 2.80. The van der Waals surface area contributed by atoms with Crippen molar-refractivity contribution in [1.82, 2.24) is 9.88 Å². The topological polar surface area (TPSA) is 60.9 Å². The maximum Gasteiger partial charge on any atom is 0.410 e. The van der Waals surface area contributed by atoms with E-state index in [0.717, 1.165) is 35.5 Å². The highest BCUT2D eigenvalue weighted by atomic mass is 16.6. The van der Waals surface area contributed by atoms with Gasteiger partial charge in [0, 0.05) is 37.7 Å². The van der Waals surface area contributed by atoms with Crippen LogP contribution in [0.2, 0.25) is 0 Å². The number of aromatic nitrogens is 1. The molecule has 0 N–H and O–H groups in total. The minimum atomic E-state index is -0.477. The molecule has 0 atom stereocenters. The van der Waals surface area contributed by atoms with Gasteiger partial charge in [-0.2, -0.15) is 0 Å². The molecule has 2 heterocycles. The van der Waals surface area contributed by atoms with Gasteiger partial charge in [-0.15, -0.1) is 0 Å². The molecule has 0 aliphatic carbocycles. The van der Waals surface area contributed by atoms with Crippen LogP contribution in [0, 0.1) is 0 Å². The molecule has 0 saturated carbocycles. The van der Waals surface area contributed by atoms with Gasteiger partial charge in [-0.25, -0.2) is 4.79 Å². The van der Waals surface area contributed by atoms with E-state index in [1.54, 1.807) is 11.1 Å². The van der Waals surface area contributed by atoms with E-state index >= 15 is 0 Å². The molecule has 172 valence electrons. The van der Waals surface area contributed by atoms with Gasteiger partial charge in [0.05, 0.1) is 6.20 Å². The van der Waals surface area contributed by atoms with Crippen molar-refractivity contribution in [2.45, 2.75) is 45.3 Å². The minimum Gasteiger partial charge on any atom is -0.490 e. The SMILES string of the molecule is CC(C)(C)OC(=O)N1CCC(Oc2ccc(-c3cncc(Oc4ccccc4)c3)cc2)CC1. The van der Waals surface area contributed by atoms with Crippen molar-refractivity contribution < 1.29 is 19.0 Å². The molecule has 0 bridgehead atoms. The highest BCUT2D eigenvalue weighted by molar-refractivity contribution is 5.68. The summed E-state index contributed by atoms with van der Waals surface area (Å²) in [6.45, 7) is 6.92. The number of hydrogen-bond acceptors (Lipinski definition) is 5. The smallest absolute Gasteiger partial charge is 0.410 e. The van der Waals surface area contributed by atoms with E-state index in [4.69, 9.17) is 14.2 Å². The molecule has 1 saturated heterocycles. The number of pyridine rings is 1. The van der Waals surface area contributed by atoms with E-state index in [2.05, 4.69) is 4.98 Å². The Kier molecular flexibility index (Phi) is 6.82. The predicted octanol–water partition coefficient (Wildman–Crippen LogP) is 6.32. The van der Waals surface area contributed by atoms with Crippen LogP contribution in [0.5, 0.6) is 17.2 Å². The lowest BCUT2D eigenvalue weighted by Crippen LogP contribution is -2.44. The van der Waals surface area contributed by atoms with Crippen molar-refractivity contribution in [3.8, 4) is 28.4 Å². The summed E-state index contributed by atoms with van der Waals surface area (Å²) in [7, 11) is 0. The van der Waals surface area contributed by atoms with Crippen LogP contribution in [0.3, 0.4) is 0 Å². The Bertz CT molecular complexity index is 1050. The Hall–Kier alpha value is -3.54. The second-order valence-electron chi connectivity index (χ2n) is 9.13. The van der Waals surface area contributed by atoms with Gasteiger partial charge in [-0.3, -0.25) is 4.98 Å². The van der Waals surface area contributed by atoms with Gasteiger partial charge in [0.2, 0.25) is 0 Å². The molecule has 1 fully saturated rings. The molecule has 33 heavy (non-hydrogen) atoms. The molecule has 0 radical (unpaired) electrons. The van der Waals surface area contributed by atoms with Crippen LogP contribution in [0.4, 0.5) is 4.79 Å². The van der Waals surface area contributed by atoms with Crippen LogP contribution >= 0.6 is 0 Å². The number of piperidine rings is 1. The zero-order valence-corrected chi connectivity index (χ0v) is 19.4. The highest BCUT2D eigenvalue weighted by Crippen LogP contribution is 2.28. The van der Waals surface area contributed by atoms with Crippen LogP contribution in [-0.4, -0.2) is 40.8 Å². The molecule has 4 rings (SSSR count). The van der Waals surface area contributed by atoms with Crippen LogP contribution in [0.25, 0.3) is 11.1 Å². The minimum absolute atomic E-state index is 0.0822. The van der Waals surface area contributed by atoms with E-state index in [-0.39, 0.29) is 12.2 Å². The molecular weight excluding hydrogens is 416 g/mol. The molecule has 6 nitrogen and oxygen atoms in total. The van der Waals surface area contributed by atoms with Crippen molar-refractivity contribution in [2.75, 3.05) is 13.1 Å². The number of benzene rings is 2. The first-order valence-electron chi connectivity index (χ1n) is 11.3. The maximum absolute atomic E-state index is 12.2. The van der Waals surface area contributed by atoms with Crippen LogP contribution in [0.1, 0.15) is 33.6 Å². The molecule has 0 unspecified atom stereocenters. The Morgan fingerprint density at radius 1 is 0.879 bits per heavy atom. The normalized spacial score (nSPS) is 14.6. The van der Waals surface area contributed by atoms with E-state index in [1.165, 1.54) is 0 Å². The first-order valence-corrected chi connectivity index (χ1v) is 11.3. The van der Waals surface area contributed by atoms with E-state index in [9.17, 15) is 4.79 Å². The molecule has 1 aliphatic rings. The zero-order valence-electron chi connectivity index (χ0n) is 19.4. The predicted molar refractivity (Wildman–Crippen MR) is 128 cm³/mol. The third kappa shape index (κ3) is 6.48. The van der Waals surface area contributed by atoms with Gasteiger partial charge < -0.3 is 19.1 Å². The fraction of sp³-hybridized carbons (Fsp3) is 0.333. The highest BCUT2D eigenvalue weighted by Gasteiger charge is 2.27. The van der Waals surface area contributed by atoms with Gasteiger partial charge in [-0.05, 0) is 56.7 Å². The standard InChI is InChI=1S/C27H30N2O4/c1-27(2,3)33-26(30)29-15-13-24(14-16-29)31-23-11-9-20(10-12-23)21-17-25(19-28-18-21)32-22-7-5-4-6-8-22/h4-12,17-19,24H,13-16H2,1-3H3. The number of nitrogens with zero attached hydrogens (tertiary/aromatic N) is 2. The van der Waals surface area contributed by atoms with Crippen LogP contribution in [0.15, 0.2) is 73.1 Å². The van der Waals surface area contributed by atoms with Crippen molar-refractivity contribution in [3.05, 3.63) is 73.1 Å². The number of para-hydroxylation sites is 1. The molecular formula is C27H30N2O4. The van der Waals surface area contributed by atoms with Crippen molar-refractivity contribution in [2.24, 2.45) is 0 Å². The summed E-state index contributed by atoms with van der Waals surface area (Å²) in [4.78, 5) is 18.3. The number of hydrogen-bond donors (Lipinski definition) is 0. The number of carbonyl (C=O) groups excluding carboxylic acids is 1. The summed E-state index contributed by atoms with van der Waals surface area (Å²) < 4.78 is 17.5. The van der Waals surface area contributed by atoms with Gasteiger partial charge in [0.15, 0.2) is 0 Å². The molecule has 0 spiro atoms. The van der Waals surface area contributed by atoms with Gasteiger partial charge >= 0.3 is 6.09 Å². The maximum atomic E-state index is 12.2. The summed E-state index contributed by atoms with van der Waals surface area (Å²) >= 11 is 0. The van der Waals surface area contributed by atoms with Gasteiger partial charge in [-0.1, -0.05) is 30.3 Å². The third-order valence-corrected chi connectivity index (χ3v) is 5.28. The third-order valence-electron chi connectivity index (χ3n) is 5.28. The molecule has 2 aromatic carbocycles. The number of rotatable bonds is 5. The second-order valence-corrected chi connectivity index (χ2v) is 9.13. The van der Waals surface area contributed by atoms with Crippen LogP contribution < -0.4 is 9.47 Å². The largest absolute Gasteiger partial charge is 0.490 e. The Balaban J connectivity index is 1.32. The van der Waals surface area contributed by atoms with Crippen molar-refractivity contribution >= 4 is 6.09 Å². The molecule has 6 heteroatoms. The molecule has 1 aliphatic heterocycles. The molecule has 1 amide bonds. The average molecular weight is 447 g/mol. The Labute approximate surface area is 195 Å². The zero-order chi connectivity index (χ0) is 23.3. The second kappa shape index (κ2) is 9.94.